The third kappa shape index (κ3) is 4.06. The zero-order valence-corrected chi connectivity index (χ0v) is 16.8. The van der Waals surface area contributed by atoms with Crippen molar-refractivity contribution in [3.63, 3.8) is 0 Å². The van der Waals surface area contributed by atoms with Crippen LogP contribution in [0.2, 0.25) is 0 Å². The molecule has 0 fully saturated rings. The van der Waals surface area contributed by atoms with E-state index < -0.39 is 10.0 Å². The van der Waals surface area contributed by atoms with Gasteiger partial charge in [-0.15, -0.1) is 0 Å². The summed E-state index contributed by atoms with van der Waals surface area (Å²) in [7, 11) is -2.00. The Bertz CT molecular complexity index is 1000. The van der Waals surface area contributed by atoms with E-state index in [0.29, 0.717) is 34.3 Å². The van der Waals surface area contributed by atoms with Crippen molar-refractivity contribution < 1.29 is 13.2 Å². The standard InChI is InChI=1S/C21H24N2O3S/c1-14(2)17-8-10-18(11-9-17)20-15(3)21(23-27(20,24)25)22-13-16-6-5-7-19(12-16)26-4/h5-12,14H,13H2,1-4H3,(H,22,23). The predicted octanol–water partition coefficient (Wildman–Crippen LogP) is 4.08. The van der Waals surface area contributed by atoms with Gasteiger partial charge in [0.25, 0.3) is 10.0 Å². The molecule has 1 aliphatic heterocycles. The molecular weight excluding hydrogens is 360 g/mol. The molecule has 142 valence electrons. The van der Waals surface area contributed by atoms with E-state index in [2.05, 4.69) is 23.6 Å². The lowest BCUT2D eigenvalue weighted by molar-refractivity contribution is 0.414. The molecule has 0 atom stereocenters. The monoisotopic (exact) mass is 384 g/mol. The molecular formula is C21H24N2O3S. The van der Waals surface area contributed by atoms with Crippen LogP contribution in [-0.2, 0) is 16.6 Å². The van der Waals surface area contributed by atoms with Crippen LogP contribution in [0.1, 0.15) is 43.4 Å². The summed E-state index contributed by atoms with van der Waals surface area (Å²) in [5, 5.41) is 0. The first-order chi connectivity index (χ1) is 12.8. The van der Waals surface area contributed by atoms with E-state index in [0.717, 1.165) is 11.3 Å². The second-order valence-electron chi connectivity index (χ2n) is 6.85. The van der Waals surface area contributed by atoms with Crippen molar-refractivity contribution in [2.45, 2.75) is 33.2 Å². The lowest BCUT2D eigenvalue weighted by Crippen LogP contribution is -2.23. The Morgan fingerprint density at radius 2 is 1.81 bits per heavy atom. The summed E-state index contributed by atoms with van der Waals surface area (Å²) in [6.07, 6.45) is 0. The number of benzene rings is 2. The van der Waals surface area contributed by atoms with Gasteiger partial charge in [-0.2, -0.15) is 0 Å². The molecule has 0 bridgehead atoms. The molecule has 0 spiro atoms. The van der Waals surface area contributed by atoms with Gasteiger partial charge in [-0.1, -0.05) is 50.2 Å². The molecule has 1 aliphatic rings. The number of ether oxygens (including phenoxy) is 1. The molecule has 0 radical (unpaired) electrons. The number of rotatable bonds is 5. The van der Waals surface area contributed by atoms with E-state index in [9.17, 15) is 8.42 Å². The Balaban J connectivity index is 1.92. The number of nitrogens with zero attached hydrogens (tertiary/aromatic N) is 1. The van der Waals surface area contributed by atoms with Crippen LogP contribution < -0.4 is 9.46 Å². The van der Waals surface area contributed by atoms with E-state index in [1.54, 1.807) is 14.0 Å². The highest BCUT2D eigenvalue weighted by Gasteiger charge is 2.32. The molecule has 6 heteroatoms. The van der Waals surface area contributed by atoms with E-state index in [1.165, 1.54) is 5.56 Å². The number of hydrogen-bond acceptors (Lipinski definition) is 4. The largest absolute Gasteiger partial charge is 0.497 e. The van der Waals surface area contributed by atoms with Crippen molar-refractivity contribution in [3.05, 3.63) is 70.8 Å². The molecule has 1 N–H and O–H groups in total. The molecule has 27 heavy (non-hydrogen) atoms. The second-order valence-corrected chi connectivity index (χ2v) is 8.47. The first-order valence-corrected chi connectivity index (χ1v) is 10.3. The number of amidine groups is 1. The molecule has 0 aliphatic carbocycles. The quantitative estimate of drug-likeness (QED) is 0.844. The fourth-order valence-electron chi connectivity index (χ4n) is 3.05. The first kappa shape index (κ1) is 19.2. The molecule has 0 saturated heterocycles. The zero-order valence-electron chi connectivity index (χ0n) is 16.0. The van der Waals surface area contributed by atoms with Crippen LogP contribution in [-0.4, -0.2) is 21.4 Å². The normalized spacial score (nSPS) is 17.4. The van der Waals surface area contributed by atoms with Gasteiger partial charge in [0.1, 0.15) is 16.5 Å². The van der Waals surface area contributed by atoms with Crippen LogP contribution in [0, 0.1) is 0 Å². The molecule has 0 amide bonds. The number of nitrogens with one attached hydrogen (secondary N) is 1. The van der Waals surface area contributed by atoms with E-state index in [-0.39, 0.29) is 0 Å². The Labute approximate surface area is 160 Å². The van der Waals surface area contributed by atoms with Gasteiger partial charge in [0.05, 0.1) is 13.7 Å². The maximum atomic E-state index is 12.6. The van der Waals surface area contributed by atoms with Gasteiger partial charge in [-0.25, -0.2) is 8.42 Å². The fourth-order valence-corrected chi connectivity index (χ4v) is 4.57. The molecule has 1 heterocycles. The lowest BCUT2D eigenvalue weighted by Gasteiger charge is -2.07. The van der Waals surface area contributed by atoms with Gasteiger partial charge in [-0.3, -0.25) is 9.71 Å². The summed E-state index contributed by atoms with van der Waals surface area (Å²) in [6.45, 7) is 6.37. The summed E-state index contributed by atoms with van der Waals surface area (Å²) >= 11 is 0. The van der Waals surface area contributed by atoms with E-state index in [4.69, 9.17) is 4.74 Å². The number of methoxy groups -OCH3 is 1. The van der Waals surface area contributed by atoms with Crippen LogP contribution >= 0.6 is 0 Å². The Morgan fingerprint density at radius 1 is 1.11 bits per heavy atom. The molecule has 0 aromatic heterocycles. The Morgan fingerprint density at radius 3 is 2.44 bits per heavy atom. The highest BCUT2D eigenvalue weighted by molar-refractivity contribution is 8.00. The third-order valence-corrected chi connectivity index (χ3v) is 6.13. The summed E-state index contributed by atoms with van der Waals surface area (Å²) in [4.78, 5) is 4.77. The lowest BCUT2D eigenvalue weighted by atomic mass is 10.0. The number of sulfonamides is 1. The first-order valence-electron chi connectivity index (χ1n) is 8.83. The maximum absolute atomic E-state index is 12.6. The number of aliphatic imine (C=N–C) groups is 1. The smallest absolute Gasteiger partial charge is 0.264 e. The van der Waals surface area contributed by atoms with Crippen molar-refractivity contribution in [2.24, 2.45) is 4.99 Å². The van der Waals surface area contributed by atoms with Crippen LogP contribution in [0.3, 0.4) is 0 Å². The topological polar surface area (TPSA) is 67.8 Å². The second kappa shape index (κ2) is 7.56. The average molecular weight is 385 g/mol. The van der Waals surface area contributed by atoms with Crippen molar-refractivity contribution in [1.29, 1.82) is 0 Å². The minimum Gasteiger partial charge on any atom is -0.497 e. The van der Waals surface area contributed by atoms with Crippen molar-refractivity contribution in [3.8, 4) is 5.75 Å². The maximum Gasteiger partial charge on any atom is 0.264 e. The minimum absolute atomic E-state index is 0.294. The summed E-state index contributed by atoms with van der Waals surface area (Å²) in [6, 6.07) is 15.2. The summed E-state index contributed by atoms with van der Waals surface area (Å²) in [5.41, 5.74) is 3.43. The third-order valence-electron chi connectivity index (χ3n) is 4.59. The minimum atomic E-state index is -3.61. The van der Waals surface area contributed by atoms with Gasteiger partial charge in [0.2, 0.25) is 0 Å². The molecule has 2 aromatic rings. The van der Waals surface area contributed by atoms with Crippen molar-refractivity contribution in [2.75, 3.05) is 7.11 Å². The predicted molar refractivity (Wildman–Crippen MR) is 109 cm³/mol. The van der Waals surface area contributed by atoms with Crippen molar-refractivity contribution >= 4 is 20.8 Å². The van der Waals surface area contributed by atoms with Gasteiger partial charge in [-0.05, 0) is 41.7 Å². The molecule has 3 rings (SSSR count). The van der Waals surface area contributed by atoms with Gasteiger partial charge < -0.3 is 4.74 Å². The van der Waals surface area contributed by atoms with Crippen LogP contribution in [0.5, 0.6) is 5.75 Å². The molecule has 0 saturated carbocycles. The van der Waals surface area contributed by atoms with Gasteiger partial charge in [0.15, 0.2) is 0 Å². The summed E-state index contributed by atoms with van der Waals surface area (Å²) < 4.78 is 33.1. The van der Waals surface area contributed by atoms with Gasteiger partial charge in [0, 0.05) is 5.57 Å². The van der Waals surface area contributed by atoms with Gasteiger partial charge >= 0.3 is 0 Å². The number of hydrogen-bond donors (Lipinski definition) is 1. The highest BCUT2D eigenvalue weighted by atomic mass is 32.2. The highest BCUT2D eigenvalue weighted by Crippen LogP contribution is 2.31. The Hall–Kier alpha value is -2.60. The van der Waals surface area contributed by atoms with Crippen LogP contribution in [0.15, 0.2) is 59.1 Å². The molecule has 0 unspecified atom stereocenters. The van der Waals surface area contributed by atoms with E-state index >= 15 is 0 Å². The van der Waals surface area contributed by atoms with Crippen molar-refractivity contribution in [1.82, 2.24) is 4.72 Å². The summed E-state index contributed by atoms with van der Waals surface area (Å²) in [5.74, 6) is 1.53. The SMILES string of the molecule is COc1cccc(CN=C2NS(=O)(=O)C(c3ccc(C(C)C)cc3)=C2C)c1. The van der Waals surface area contributed by atoms with Crippen LogP contribution in [0.25, 0.3) is 4.91 Å². The molecule has 2 aromatic carbocycles. The fraction of sp³-hybridized carbons (Fsp3) is 0.286. The Kier molecular flexibility index (Phi) is 5.37. The zero-order chi connectivity index (χ0) is 19.6. The van der Waals surface area contributed by atoms with Crippen LogP contribution in [0.4, 0.5) is 0 Å². The molecule has 5 nitrogen and oxygen atoms in total. The average Bonchev–Trinajstić information content (AvgIpc) is 2.88. The van der Waals surface area contributed by atoms with E-state index in [1.807, 2.05) is 48.5 Å².